The summed E-state index contributed by atoms with van der Waals surface area (Å²) in [7, 11) is 1.79. The van der Waals surface area contributed by atoms with E-state index >= 15 is 0 Å². The Labute approximate surface area is 157 Å². The van der Waals surface area contributed by atoms with Crippen molar-refractivity contribution < 1.29 is 9.21 Å². The van der Waals surface area contributed by atoms with Crippen LogP contribution in [0.4, 0.5) is 0 Å². The molecule has 1 aliphatic heterocycles. The molecule has 1 N–H and O–H groups in total. The highest BCUT2D eigenvalue weighted by molar-refractivity contribution is 7.09. The number of rotatable bonds is 5. The molecule has 2 aromatic heterocycles. The number of furan rings is 1. The van der Waals surface area contributed by atoms with Crippen LogP contribution >= 0.6 is 11.3 Å². The maximum absolute atomic E-state index is 12.3. The second kappa shape index (κ2) is 8.84. The van der Waals surface area contributed by atoms with Gasteiger partial charge in [-0.1, -0.05) is 6.92 Å². The molecule has 0 saturated carbocycles. The van der Waals surface area contributed by atoms with Crippen molar-refractivity contribution in [2.24, 2.45) is 4.99 Å². The van der Waals surface area contributed by atoms with Crippen molar-refractivity contribution in [2.45, 2.75) is 19.8 Å². The van der Waals surface area contributed by atoms with Gasteiger partial charge in [0.25, 0.3) is 5.91 Å². The van der Waals surface area contributed by atoms with Crippen LogP contribution in [0.2, 0.25) is 0 Å². The molecule has 0 unspecified atom stereocenters. The molecule has 0 bridgehead atoms. The van der Waals surface area contributed by atoms with Crippen molar-refractivity contribution in [3.8, 4) is 0 Å². The second-order valence-corrected chi connectivity index (χ2v) is 7.01. The van der Waals surface area contributed by atoms with Gasteiger partial charge in [0.2, 0.25) is 0 Å². The summed E-state index contributed by atoms with van der Waals surface area (Å²) in [5.41, 5.74) is 1.13. The number of thiazole rings is 1. The highest BCUT2D eigenvalue weighted by Crippen LogP contribution is 2.11. The molecule has 0 radical (unpaired) electrons. The van der Waals surface area contributed by atoms with Crippen molar-refractivity contribution in [1.82, 2.24) is 20.1 Å². The SMILES string of the molecule is CCc1nc(CCNC(=NC)N2CCN(C(=O)c3ccco3)CC2)cs1. The van der Waals surface area contributed by atoms with E-state index in [2.05, 4.69) is 32.5 Å². The maximum atomic E-state index is 12.3. The van der Waals surface area contributed by atoms with Crippen LogP contribution in [0, 0.1) is 0 Å². The Morgan fingerprint density at radius 1 is 1.35 bits per heavy atom. The van der Waals surface area contributed by atoms with Gasteiger partial charge in [-0.15, -0.1) is 11.3 Å². The number of nitrogens with one attached hydrogen (secondary N) is 1. The van der Waals surface area contributed by atoms with Gasteiger partial charge in [0.1, 0.15) is 0 Å². The van der Waals surface area contributed by atoms with Crippen LogP contribution in [-0.4, -0.2) is 66.4 Å². The molecule has 2 aromatic rings. The molecule has 0 aromatic carbocycles. The first kappa shape index (κ1) is 18.4. The second-order valence-electron chi connectivity index (χ2n) is 6.07. The lowest BCUT2D eigenvalue weighted by molar-refractivity contribution is 0.0658. The first-order valence-corrected chi connectivity index (χ1v) is 9.81. The number of carbonyl (C=O) groups is 1. The van der Waals surface area contributed by atoms with E-state index in [4.69, 9.17) is 4.42 Å². The topological polar surface area (TPSA) is 74.0 Å². The normalized spacial score (nSPS) is 15.4. The van der Waals surface area contributed by atoms with Crippen molar-refractivity contribution in [2.75, 3.05) is 39.8 Å². The number of carbonyl (C=O) groups excluding carboxylic acids is 1. The third-order valence-corrected chi connectivity index (χ3v) is 5.42. The average Bonchev–Trinajstić information content (AvgIpc) is 3.37. The molecule has 1 aliphatic rings. The quantitative estimate of drug-likeness (QED) is 0.638. The molecular formula is C18H25N5O2S. The van der Waals surface area contributed by atoms with Crippen LogP contribution in [0.5, 0.6) is 0 Å². The third-order valence-electron chi connectivity index (χ3n) is 4.38. The van der Waals surface area contributed by atoms with Gasteiger partial charge in [0, 0.05) is 51.6 Å². The summed E-state index contributed by atoms with van der Waals surface area (Å²) in [5, 5.41) is 6.71. The lowest BCUT2D eigenvalue weighted by atomic mass is 10.3. The Morgan fingerprint density at radius 3 is 2.73 bits per heavy atom. The fourth-order valence-corrected chi connectivity index (χ4v) is 3.72. The zero-order chi connectivity index (χ0) is 18.4. The number of hydrogen-bond acceptors (Lipinski definition) is 5. The predicted octanol–water partition coefficient (Wildman–Crippen LogP) is 1.87. The molecule has 140 valence electrons. The highest BCUT2D eigenvalue weighted by Gasteiger charge is 2.25. The molecule has 26 heavy (non-hydrogen) atoms. The van der Waals surface area contributed by atoms with E-state index in [1.165, 1.54) is 11.3 Å². The van der Waals surface area contributed by atoms with Gasteiger partial charge in [-0.3, -0.25) is 9.79 Å². The van der Waals surface area contributed by atoms with Crippen molar-refractivity contribution in [1.29, 1.82) is 0 Å². The molecule has 0 atom stereocenters. The number of amides is 1. The minimum Gasteiger partial charge on any atom is -0.459 e. The summed E-state index contributed by atoms with van der Waals surface area (Å²) >= 11 is 1.72. The molecular weight excluding hydrogens is 350 g/mol. The largest absolute Gasteiger partial charge is 0.459 e. The first-order chi connectivity index (χ1) is 12.7. The van der Waals surface area contributed by atoms with E-state index < -0.39 is 0 Å². The Morgan fingerprint density at radius 2 is 2.12 bits per heavy atom. The Bertz CT molecular complexity index is 733. The number of aromatic nitrogens is 1. The van der Waals surface area contributed by atoms with Crippen LogP contribution in [0.3, 0.4) is 0 Å². The molecule has 1 amide bonds. The summed E-state index contributed by atoms with van der Waals surface area (Å²) < 4.78 is 5.20. The minimum absolute atomic E-state index is 0.0483. The zero-order valence-corrected chi connectivity index (χ0v) is 16.1. The van der Waals surface area contributed by atoms with Crippen LogP contribution in [0.15, 0.2) is 33.2 Å². The van der Waals surface area contributed by atoms with Gasteiger partial charge in [-0.05, 0) is 18.6 Å². The Hall–Kier alpha value is -2.35. The van der Waals surface area contributed by atoms with E-state index in [-0.39, 0.29) is 5.91 Å². The van der Waals surface area contributed by atoms with Gasteiger partial charge in [-0.2, -0.15) is 0 Å². The molecule has 0 spiro atoms. The van der Waals surface area contributed by atoms with Gasteiger partial charge in [0.15, 0.2) is 11.7 Å². The lowest BCUT2D eigenvalue weighted by Crippen LogP contribution is -2.54. The van der Waals surface area contributed by atoms with Crippen molar-refractivity contribution in [3.63, 3.8) is 0 Å². The van der Waals surface area contributed by atoms with Gasteiger partial charge < -0.3 is 19.5 Å². The van der Waals surface area contributed by atoms with Crippen LogP contribution in [0.25, 0.3) is 0 Å². The van der Waals surface area contributed by atoms with Crippen LogP contribution in [0.1, 0.15) is 28.2 Å². The minimum atomic E-state index is -0.0483. The highest BCUT2D eigenvalue weighted by atomic mass is 32.1. The average molecular weight is 375 g/mol. The van der Waals surface area contributed by atoms with Crippen molar-refractivity contribution >= 4 is 23.2 Å². The van der Waals surface area contributed by atoms with Crippen LogP contribution in [-0.2, 0) is 12.8 Å². The van der Waals surface area contributed by atoms with Gasteiger partial charge in [0.05, 0.1) is 17.0 Å². The maximum Gasteiger partial charge on any atom is 0.289 e. The summed E-state index contributed by atoms with van der Waals surface area (Å²) in [6.45, 7) is 5.74. The number of nitrogens with zero attached hydrogens (tertiary/aromatic N) is 4. The number of aryl methyl sites for hydroxylation is 1. The Balaban J connectivity index is 1.45. The molecule has 8 heteroatoms. The van der Waals surface area contributed by atoms with E-state index in [9.17, 15) is 4.79 Å². The fraction of sp³-hybridized carbons (Fsp3) is 0.500. The third kappa shape index (κ3) is 4.43. The van der Waals surface area contributed by atoms with E-state index in [1.54, 1.807) is 30.5 Å². The monoisotopic (exact) mass is 375 g/mol. The molecule has 7 nitrogen and oxygen atoms in total. The van der Waals surface area contributed by atoms with E-state index in [0.717, 1.165) is 44.1 Å². The fourth-order valence-electron chi connectivity index (χ4n) is 2.94. The molecule has 0 aliphatic carbocycles. The molecule has 3 rings (SSSR count). The molecule has 3 heterocycles. The number of hydrogen-bond donors (Lipinski definition) is 1. The summed E-state index contributed by atoms with van der Waals surface area (Å²) in [4.78, 5) is 25.3. The smallest absolute Gasteiger partial charge is 0.289 e. The summed E-state index contributed by atoms with van der Waals surface area (Å²) in [5.74, 6) is 1.23. The predicted molar refractivity (Wildman–Crippen MR) is 103 cm³/mol. The zero-order valence-electron chi connectivity index (χ0n) is 15.3. The van der Waals surface area contributed by atoms with E-state index in [0.29, 0.717) is 18.8 Å². The Kier molecular flexibility index (Phi) is 6.27. The summed E-state index contributed by atoms with van der Waals surface area (Å²) in [6.07, 6.45) is 3.40. The van der Waals surface area contributed by atoms with Crippen molar-refractivity contribution in [3.05, 3.63) is 40.2 Å². The summed E-state index contributed by atoms with van der Waals surface area (Å²) in [6, 6.07) is 3.44. The molecule has 1 saturated heterocycles. The standard InChI is InChI=1S/C18H25N5O2S/c1-3-16-21-14(13-26-16)6-7-20-18(19-2)23-10-8-22(9-11-23)17(24)15-5-4-12-25-15/h4-5,12-13H,3,6-11H2,1-2H3,(H,19,20). The van der Waals surface area contributed by atoms with Gasteiger partial charge >= 0.3 is 0 Å². The first-order valence-electron chi connectivity index (χ1n) is 8.93. The number of guanidine groups is 1. The van der Waals surface area contributed by atoms with E-state index in [1.807, 2.05) is 4.90 Å². The number of aliphatic imine (C=N–C) groups is 1. The molecule has 1 fully saturated rings. The van der Waals surface area contributed by atoms with Crippen LogP contribution < -0.4 is 5.32 Å². The lowest BCUT2D eigenvalue weighted by Gasteiger charge is -2.36. The number of piperazine rings is 1. The van der Waals surface area contributed by atoms with Gasteiger partial charge in [-0.25, -0.2) is 4.98 Å².